The lowest BCUT2D eigenvalue weighted by molar-refractivity contribution is 0.833. The number of hydrogen-bond donors (Lipinski definition) is 3. The molecular weight excluding hydrogens is 398 g/mol. The lowest BCUT2D eigenvalue weighted by atomic mass is 10.2. The standard InChI is InChI=1S/C14H17Br2N5/c1-3-5-11-18-13(8(2)14(19-11)21-17)20-12-9(15)6-4-7-10(12)16/h4,6-7H,3,5,17H2,1-2H3,(H2,18,19,20,21). The Hall–Kier alpha value is -1.18. The molecule has 0 aliphatic carbocycles. The van der Waals surface area contributed by atoms with Crippen molar-refractivity contribution in [3.8, 4) is 0 Å². The molecule has 4 N–H and O–H groups in total. The van der Waals surface area contributed by atoms with Gasteiger partial charge in [0.1, 0.15) is 17.5 Å². The second kappa shape index (κ2) is 7.20. The van der Waals surface area contributed by atoms with Crippen molar-refractivity contribution in [3.63, 3.8) is 0 Å². The van der Waals surface area contributed by atoms with Crippen LogP contribution < -0.4 is 16.6 Å². The highest BCUT2D eigenvalue weighted by Crippen LogP contribution is 2.34. The summed E-state index contributed by atoms with van der Waals surface area (Å²) >= 11 is 7.08. The summed E-state index contributed by atoms with van der Waals surface area (Å²) < 4.78 is 1.91. The van der Waals surface area contributed by atoms with E-state index in [9.17, 15) is 0 Å². The summed E-state index contributed by atoms with van der Waals surface area (Å²) in [5.74, 6) is 7.70. The average Bonchev–Trinajstić information content (AvgIpc) is 2.46. The molecule has 0 aliphatic heterocycles. The van der Waals surface area contributed by atoms with Crippen LogP contribution in [0.3, 0.4) is 0 Å². The number of benzene rings is 1. The molecule has 0 atom stereocenters. The Labute approximate surface area is 141 Å². The summed E-state index contributed by atoms with van der Waals surface area (Å²) in [6.07, 6.45) is 1.78. The molecule has 0 spiro atoms. The monoisotopic (exact) mass is 413 g/mol. The zero-order valence-electron chi connectivity index (χ0n) is 11.9. The highest BCUT2D eigenvalue weighted by atomic mass is 79.9. The van der Waals surface area contributed by atoms with Crippen LogP contribution in [0.15, 0.2) is 27.1 Å². The van der Waals surface area contributed by atoms with Crippen molar-refractivity contribution in [1.82, 2.24) is 9.97 Å². The minimum Gasteiger partial charge on any atom is -0.338 e. The lowest BCUT2D eigenvalue weighted by Crippen LogP contribution is -2.14. The van der Waals surface area contributed by atoms with Crippen molar-refractivity contribution in [2.45, 2.75) is 26.7 Å². The molecule has 21 heavy (non-hydrogen) atoms. The van der Waals surface area contributed by atoms with Gasteiger partial charge in [-0.2, -0.15) is 0 Å². The maximum Gasteiger partial charge on any atom is 0.148 e. The smallest absolute Gasteiger partial charge is 0.148 e. The minimum atomic E-state index is 0.638. The highest BCUT2D eigenvalue weighted by molar-refractivity contribution is 9.11. The fraction of sp³-hybridized carbons (Fsp3) is 0.286. The molecule has 0 radical (unpaired) electrons. The van der Waals surface area contributed by atoms with Crippen molar-refractivity contribution < 1.29 is 0 Å². The minimum absolute atomic E-state index is 0.638. The van der Waals surface area contributed by atoms with Crippen molar-refractivity contribution in [2.24, 2.45) is 5.84 Å². The summed E-state index contributed by atoms with van der Waals surface area (Å²) in [5.41, 5.74) is 4.43. The largest absolute Gasteiger partial charge is 0.338 e. The van der Waals surface area contributed by atoms with Crippen LogP contribution in [0.5, 0.6) is 0 Å². The first-order valence-corrected chi connectivity index (χ1v) is 8.20. The van der Waals surface area contributed by atoms with E-state index >= 15 is 0 Å². The molecule has 0 fully saturated rings. The Balaban J connectivity index is 2.45. The maximum atomic E-state index is 5.55. The van der Waals surface area contributed by atoms with Gasteiger partial charge in [-0.1, -0.05) is 13.0 Å². The highest BCUT2D eigenvalue weighted by Gasteiger charge is 2.13. The zero-order valence-corrected chi connectivity index (χ0v) is 15.0. The first-order valence-electron chi connectivity index (χ1n) is 6.62. The van der Waals surface area contributed by atoms with Crippen molar-refractivity contribution in [3.05, 3.63) is 38.5 Å². The number of aryl methyl sites for hydroxylation is 1. The molecule has 2 rings (SSSR count). The van der Waals surface area contributed by atoms with Gasteiger partial charge >= 0.3 is 0 Å². The van der Waals surface area contributed by atoms with Gasteiger partial charge in [0.05, 0.1) is 5.69 Å². The number of nitrogens with zero attached hydrogens (tertiary/aromatic N) is 2. The van der Waals surface area contributed by atoms with Crippen molar-refractivity contribution in [2.75, 3.05) is 10.7 Å². The number of nitrogen functional groups attached to an aromatic ring is 1. The topological polar surface area (TPSA) is 75.9 Å². The molecule has 2 aromatic rings. The van der Waals surface area contributed by atoms with Crippen molar-refractivity contribution >= 4 is 49.2 Å². The molecule has 7 heteroatoms. The fourth-order valence-electron chi connectivity index (χ4n) is 1.90. The molecule has 1 heterocycles. The van der Waals surface area contributed by atoms with E-state index in [0.29, 0.717) is 5.82 Å². The van der Waals surface area contributed by atoms with Gasteiger partial charge in [-0.3, -0.25) is 0 Å². The third kappa shape index (κ3) is 3.72. The summed E-state index contributed by atoms with van der Waals surface area (Å²) in [5, 5.41) is 3.34. The molecule has 1 aromatic heterocycles. The molecular formula is C14H17Br2N5. The second-order valence-electron chi connectivity index (χ2n) is 4.58. The molecule has 1 aromatic carbocycles. The normalized spacial score (nSPS) is 10.5. The Kier molecular flexibility index (Phi) is 5.55. The summed E-state index contributed by atoms with van der Waals surface area (Å²) in [6.45, 7) is 4.02. The summed E-state index contributed by atoms with van der Waals surface area (Å²) in [6, 6.07) is 5.90. The van der Waals surface area contributed by atoms with Gasteiger partial charge in [-0.05, 0) is 57.3 Å². The van der Waals surface area contributed by atoms with E-state index in [1.165, 1.54) is 0 Å². The van der Waals surface area contributed by atoms with E-state index in [1.807, 2.05) is 25.1 Å². The predicted molar refractivity (Wildman–Crippen MR) is 93.7 cm³/mol. The average molecular weight is 415 g/mol. The molecule has 0 saturated carbocycles. The van der Waals surface area contributed by atoms with Crippen LogP contribution in [-0.2, 0) is 6.42 Å². The number of halogens is 2. The van der Waals surface area contributed by atoms with Crippen LogP contribution in [0, 0.1) is 6.92 Å². The molecule has 0 aliphatic rings. The molecule has 0 amide bonds. The van der Waals surface area contributed by atoms with Gasteiger partial charge in [0.25, 0.3) is 0 Å². The summed E-state index contributed by atoms with van der Waals surface area (Å²) in [7, 11) is 0. The van der Waals surface area contributed by atoms with E-state index in [1.54, 1.807) is 0 Å². The van der Waals surface area contributed by atoms with Gasteiger partial charge in [-0.25, -0.2) is 15.8 Å². The van der Waals surface area contributed by atoms with Gasteiger partial charge < -0.3 is 10.7 Å². The molecule has 0 unspecified atom stereocenters. The van der Waals surface area contributed by atoms with E-state index in [2.05, 4.69) is 59.5 Å². The third-order valence-electron chi connectivity index (χ3n) is 3.01. The Morgan fingerprint density at radius 3 is 2.33 bits per heavy atom. The number of hydrazine groups is 1. The molecule has 5 nitrogen and oxygen atoms in total. The number of hydrogen-bond acceptors (Lipinski definition) is 5. The number of aromatic nitrogens is 2. The third-order valence-corrected chi connectivity index (χ3v) is 4.33. The van der Waals surface area contributed by atoms with Crippen molar-refractivity contribution in [1.29, 1.82) is 0 Å². The van der Waals surface area contributed by atoms with Crippen LogP contribution in [0.25, 0.3) is 0 Å². The number of para-hydroxylation sites is 1. The SMILES string of the molecule is CCCc1nc(NN)c(C)c(Nc2c(Br)cccc2Br)n1. The number of anilines is 3. The van der Waals surface area contributed by atoms with Gasteiger partial charge in [0, 0.05) is 20.9 Å². The van der Waals surface area contributed by atoms with E-state index in [0.717, 1.165) is 44.7 Å². The number of nitrogens with one attached hydrogen (secondary N) is 2. The fourth-order valence-corrected chi connectivity index (χ4v) is 3.09. The van der Waals surface area contributed by atoms with Crippen LogP contribution in [0.2, 0.25) is 0 Å². The number of nitrogens with two attached hydrogens (primary N) is 1. The lowest BCUT2D eigenvalue weighted by Gasteiger charge is -2.15. The molecule has 0 bridgehead atoms. The van der Waals surface area contributed by atoms with Crippen LogP contribution >= 0.6 is 31.9 Å². The number of rotatable bonds is 5. The molecule has 0 saturated heterocycles. The maximum absolute atomic E-state index is 5.55. The first-order chi connectivity index (χ1) is 10.1. The Morgan fingerprint density at radius 1 is 1.14 bits per heavy atom. The Bertz CT molecular complexity index is 625. The van der Waals surface area contributed by atoms with Crippen LogP contribution in [-0.4, -0.2) is 9.97 Å². The van der Waals surface area contributed by atoms with E-state index < -0.39 is 0 Å². The van der Waals surface area contributed by atoms with E-state index in [4.69, 9.17) is 5.84 Å². The van der Waals surface area contributed by atoms with E-state index in [-0.39, 0.29) is 0 Å². The molecule has 112 valence electrons. The Morgan fingerprint density at radius 2 is 1.76 bits per heavy atom. The van der Waals surface area contributed by atoms with Crippen LogP contribution in [0.1, 0.15) is 24.7 Å². The van der Waals surface area contributed by atoms with Gasteiger partial charge in [0.15, 0.2) is 0 Å². The van der Waals surface area contributed by atoms with Gasteiger partial charge in [-0.15, -0.1) is 0 Å². The van der Waals surface area contributed by atoms with Crippen LogP contribution in [0.4, 0.5) is 17.3 Å². The predicted octanol–water partition coefficient (Wildman–Crippen LogP) is 4.29. The second-order valence-corrected chi connectivity index (χ2v) is 6.29. The first kappa shape index (κ1) is 16.2. The summed E-state index contributed by atoms with van der Waals surface area (Å²) in [4.78, 5) is 9.01. The quantitative estimate of drug-likeness (QED) is 0.502. The van der Waals surface area contributed by atoms with Gasteiger partial charge in [0.2, 0.25) is 0 Å². The zero-order chi connectivity index (χ0) is 15.4.